The predicted molar refractivity (Wildman–Crippen MR) is 152 cm³/mol. The molecule has 4 rings (SSSR count). The molecular weight excluding hydrogens is 522 g/mol. The van der Waals surface area contributed by atoms with Gasteiger partial charge in [0.2, 0.25) is 0 Å². The number of para-hydroxylation sites is 1. The van der Waals surface area contributed by atoms with Crippen molar-refractivity contribution < 1.29 is 14.3 Å². The molecule has 38 heavy (non-hydrogen) atoms. The van der Waals surface area contributed by atoms with E-state index < -0.39 is 6.04 Å². The molecule has 0 aliphatic carbocycles. The molecule has 1 aliphatic rings. The fourth-order valence-electron chi connectivity index (χ4n) is 4.60. The van der Waals surface area contributed by atoms with Crippen LogP contribution in [0.15, 0.2) is 63.5 Å². The van der Waals surface area contributed by atoms with Crippen molar-refractivity contribution in [3.63, 3.8) is 0 Å². The molecule has 0 spiro atoms. The number of carbonyl (C=O) groups excluding carboxylic acids is 1. The Hall–Kier alpha value is -3.36. The normalized spacial score (nSPS) is 15.4. The van der Waals surface area contributed by atoms with Crippen LogP contribution in [0.4, 0.5) is 0 Å². The van der Waals surface area contributed by atoms with Crippen LogP contribution in [-0.4, -0.2) is 41.7 Å². The quantitative estimate of drug-likeness (QED) is 0.410. The van der Waals surface area contributed by atoms with E-state index in [1.807, 2.05) is 58.9 Å². The molecule has 200 valence electrons. The Morgan fingerprint density at radius 3 is 2.55 bits per heavy atom. The zero-order valence-corrected chi connectivity index (χ0v) is 24.0. The maximum Gasteiger partial charge on any atom is 0.271 e. The Kier molecular flexibility index (Phi) is 8.43. The lowest BCUT2D eigenvalue weighted by Crippen LogP contribution is -2.43. The van der Waals surface area contributed by atoms with Gasteiger partial charge >= 0.3 is 0 Å². The lowest BCUT2D eigenvalue weighted by Gasteiger charge is -2.29. The molecule has 0 saturated carbocycles. The molecule has 1 atom stereocenters. The topological polar surface area (TPSA) is 73.1 Å². The van der Waals surface area contributed by atoms with Gasteiger partial charge in [-0.3, -0.25) is 14.2 Å². The fourth-order valence-corrected chi connectivity index (χ4v) is 5.82. The van der Waals surface area contributed by atoms with Gasteiger partial charge in [0.15, 0.2) is 4.80 Å². The maximum atomic E-state index is 14.0. The molecule has 2 aromatic carbocycles. The van der Waals surface area contributed by atoms with Gasteiger partial charge in [-0.1, -0.05) is 41.1 Å². The van der Waals surface area contributed by atoms with Crippen LogP contribution in [-0.2, 0) is 4.79 Å². The highest BCUT2D eigenvalue weighted by atomic mass is 35.5. The van der Waals surface area contributed by atoms with Crippen LogP contribution in [0.1, 0.15) is 51.8 Å². The van der Waals surface area contributed by atoms with Crippen LogP contribution in [0.3, 0.4) is 0 Å². The summed E-state index contributed by atoms with van der Waals surface area (Å²) in [5.41, 5.74) is 2.21. The number of nitrogens with zero attached hydrogens (tertiary/aromatic N) is 3. The van der Waals surface area contributed by atoms with Gasteiger partial charge in [-0.15, -0.1) is 0 Å². The van der Waals surface area contributed by atoms with Gasteiger partial charge < -0.3 is 14.4 Å². The number of allylic oxidation sites excluding steroid dienone is 1. The van der Waals surface area contributed by atoms with E-state index in [0.717, 1.165) is 5.56 Å². The second-order valence-electron chi connectivity index (χ2n) is 9.15. The van der Waals surface area contributed by atoms with Crippen molar-refractivity contribution in [2.24, 2.45) is 4.99 Å². The van der Waals surface area contributed by atoms with E-state index >= 15 is 0 Å². The summed E-state index contributed by atoms with van der Waals surface area (Å²) in [6, 6.07) is 12.1. The first-order valence-electron chi connectivity index (χ1n) is 12.6. The van der Waals surface area contributed by atoms with E-state index in [1.54, 1.807) is 40.9 Å². The molecule has 0 radical (unpaired) electrons. The van der Waals surface area contributed by atoms with E-state index in [2.05, 4.69) is 0 Å². The van der Waals surface area contributed by atoms with Gasteiger partial charge in [0.25, 0.3) is 11.5 Å². The zero-order valence-electron chi connectivity index (χ0n) is 22.4. The number of methoxy groups -OCH3 is 1. The molecule has 0 bridgehead atoms. The minimum atomic E-state index is -0.691. The second kappa shape index (κ2) is 11.6. The highest BCUT2D eigenvalue weighted by molar-refractivity contribution is 7.07. The summed E-state index contributed by atoms with van der Waals surface area (Å²) in [5, 5.41) is 0.537. The Balaban J connectivity index is 2.00. The number of halogens is 1. The maximum absolute atomic E-state index is 14.0. The summed E-state index contributed by atoms with van der Waals surface area (Å²) in [6.07, 6.45) is 1.73. The third kappa shape index (κ3) is 5.28. The van der Waals surface area contributed by atoms with Gasteiger partial charge in [0, 0.05) is 29.2 Å². The molecule has 0 saturated heterocycles. The van der Waals surface area contributed by atoms with Crippen LogP contribution in [0, 0.1) is 0 Å². The van der Waals surface area contributed by atoms with E-state index in [4.69, 9.17) is 26.1 Å². The monoisotopic (exact) mass is 553 g/mol. The van der Waals surface area contributed by atoms with Gasteiger partial charge in [-0.25, -0.2) is 4.99 Å². The molecule has 1 amide bonds. The number of aromatic nitrogens is 1. The predicted octanol–water partition coefficient (Wildman–Crippen LogP) is 4.55. The molecule has 9 heteroatoms. The van der Waals surface area contributed by atoms with Gasteiger partial charge in [-0.05, 0) is 65.0 Å². The Bertz CT molecular complexity index is 1570. The second-order valence-corrected chi connectivity index (χ2v) is 10.6. The first kappa shape index (κ1) is 27.7. The van der Waals surface area contributed by atoms with Crippen molar-refractivity contribution in [1.29, 1.82) is 0 Å². The molecule has 7 nitrogen and oxygen atoms in total. The van der Waals surface area contributed by atoms with E-state index in [9.17, 15) is 9.59 Å². The largest absolute Gasteiger partial charge is 0.496 e. The Labute approximate surface area is 231 Å². The number of amides is 1. The SMILES string of the molecule is CCN(CC)C(=O)C1=C(C)N=c2s/c(=C\c3cc(Cl)ccc3OC(C)C)c(=O)n2[C@H]1c1ccccc1OC. The average Bonchev–Trinajstić information content (AvgIpc) is 3.19. The minimum Gasteiger partial charge on any atom is -0.496 e. The molecule has 1 aliphatic heterocycles. The number of benzene rings is 2. The summed E-state index contributed by atoms with van der Waals surface area (Å²) >= 11 is 7.56. The lowest BCUT2D eigenvalue weighted by atomic mass is 9.94. The lowest BCUT2D eigenvalue weighted by molar-refractivity contribution is -0.127. The molecular formula is C29H32ClN3O4S. The first-order valence-corrected chi connectivity index (χ1v) is 13.8. The number of hydrogen-bond donors (Lipinski definition) is 0. The number of hydrogen-bond acceptors (Lipinski definition) is 6. The molecule has 2 heterocycles. The zero-order chi connectivity index (χ0) is 27.6. The first-order chi connectivity index (χ1) is 18.2. The number of likely N-dealkylation sites (N-methyl/N-ethyl adjacent to an activating group) is 1. The van der Waals surface area contributed by atoms with Crippen LogP contribution < -0.4 is 24.4 Å². The molecule has 0 N–H and O–H groups in total. The number of fused-ring (bicyclic) bond motifs is 1. The fraction of sp³-hybridized carbons (Fsp3) is 0.345. The third-order valence-corrected chi connectivity index (χ3v) is 7.58. The van der Waals surface area contributed by atoms with Crippen LogP contribution in [0.2, 0.25) is 5.02 Å². The van der Waals surface area contributed by atoms with Crippen molar-refractivity contribution in [2.45, 2.75) is 46.8 Å². The van der Waals surface area contributed by atoms with Crippen molar-refractivity contribution in [1.82, 2.24) is 9.47 Å². The summed E-state index contributed by atoms with van der Waals surface area (Å²) in [7, 11) is 1.58. The number of rotatable bonds is 8. The smallest absolute Gasteiger partial charge is 0.271 e. The highest BCUT2D eigenvalue weighted by Gasteiger charge is 2.35. The van der Waals surface area contributed by atoms with E-state index in [-0.39, 0.29) is 17.6 Å². The molecule has 0 fully saturated rings. The summed E-state index contributed by atoms with van der Waals surface area (Å²) in [4.78, 5) is 34.8. The minimum absolute atomic E-state index is 0.0496. The van der Waals surface area contributed by atoms with Gasteiger partial charge in [0.05, 0.1) is 29.0 Å². The van der Waals surface area contributed by atoms with Crippen LogP contribution >= 0.6 is 22.9 Å². The van der Waals surface area contributed by atoms with Gasteiger partial charge in [-0.2, -0.15) is 0 Å². The van der Waals surface area contributed by atoms with Crippen molar-refractivity contribution in [3.05, 3.63) is 89.6 Å². The summed E-state index contributed by atoms with van der Waals surface area (Å²) in [6.45, 7) is 10.7. The summed E-state index contributed by atoms with van der Waals surface area (Å²) in [5.74, 6) is 1.07. The molecule has 1 aromatic heterocycles. The standard InChI is InChI=1S/C29H32ClN3O4S/c1-7-32(8-2)28(35)25-18(5)31-29-33(26(25)21-11-9-10-12-23(21)36-6)27(34)24(38-29)16-19-15-20(30)13-14-22(19)37-17(3)4/h9-17,26H,7-8H2,1-6H3/b24-16-/t26-/m0/s1. The van der Waals surface area contributed by atoms with E-state index in [1.165, 1.54) is 11.3 Å². The Morgan fingerprint density at radius 1 is 1.18 bits per heavy atom. The van der Waals surface area contributed by atoms with E-state index in [0.29, 0.717) is 55.8 Å². The molecule has 3 aromatic rings. The van der Waals surface area contributed by atoms with Crippen LogP contribution in [0.25, 0.3) is 6.08 Å². The van der Waals surface area contributed by atoms with Gasteiger partial charge in [0.1, 0.15) is 17.5 Å². The molecule has 0 unspecified atom stereocenters. The van der Waals surface area contributed by atoms with Crippen molar-refractivity contribution in [2.75, 3.05) is 20.2 Å². The van der Waals surface area contributed by atoms with Crippen molar-refractivity contribution in [3.8, 4) is 11.5 Å². The summed E-state index contributed by atoms with van der Waals surface area (Å²) < 4.78 is 13.7. The number of carbonyl (C=O) groups is 1. The van der Waals surface area contributed by atoms with Crippen LogP contribution in [0.5, 0.6) is 11.5 Å². The van der Waals surface area contributed by atoms with Crippen molar-refractivity contribution >= 4 is 34.9 Å². The number of ether oxygens (including phenoxy) is 2. The average molecular weight is 554 g/mol. The Morgan fingerprint density at radius 2 is 1.89 bits per heavy atom. The highest BCUT2D eigenvalue weighted by Crippen LogP contribution is 2.36. The third-order valence-electron chi connectivity index (χ3n) is 6.36. The number of thiazole rings is 1.